The first kappa shape index (κ1) is 18.2. The van der Waals surface area contributed by atoms with E-state index in [9.17, 15) is 9.59 Å². The van der Waals surface area contributed by atoms with Crippen molar-refractivity contribution in [1.82, 2.24) is 14.1 Å². The van der Waals surface area contributed by atoms with E-state index >= 15 is 0 Å². The SMILES string of the molecule is Cn1cc(-c2ccc(-n3ccnc3C(N)=O)cc2)cc1C(=O)Nc1ccccc1. The van der Waals surface area contributed by atoms with Crippen molar-refractivity contribution < 1.29 is 9.59 Å². The second-order valence-corrected chi connectivity index (χ2v) is 6.58. The number of aryl methyl sites for hydroxylation is 1. The number of hydrogen-bond donors (Lipinski definition) is 2. The number of carbonyl (C=O) groups is 2. The number of nitrogens with two attached hydrogens (primary N) is 1. The van der Waals surface area contributed by atoms with Crippen LogP contribution in [0.4, 0.5) is 5.69 Å². The van der Waals surface area contributed by atoms with Crippen molar-refractivity contribution in [2.45, 2.75) is 0 Å². The number of hydrogen-bond acceptors (Lipinski definition) is 3. The fraction of sp³-hybridized carbons (Fsp3) is 0.0455. The molecule has 0 bridgehead atoms. The summed E-state index contributed by atoms with van der Waals surface area (Å²) in [5.74, 6) is -0.584. The molecule has 0 radical (unpaired) electrons. The molecule has 2 heterocycles. The zero-order valence-corrected chi connectivity index (χ0v) is 15.7. The van der Waals surface area contributed by atoms with Crippen LogP contribution >= 0.6 is 0 Å². The van der Waals surface area contributed by atoms with E-state index in [1.165, 1.54) is 6.20 Å². The van der Waals surface area contributed by atoms with Crippen LogP contribution in [-0.2, 0) is 7.05 Å². The van der Waals surface area contributed by atoms with Crippen molar-refractivity contribution in [3.8, 4) is 16.8 Å². The van der Waals surface area contributed by atoms with E-state index < -0.39 is 5.91 Å². The van der Waals surface area contributed by atoms with Gasteiger partial charge in [-0.1, -0.05) is 30.3 Å². The van der Waals surface area contributed by atoms with Gasteiger partial charge in [0.2, 0.25) is 5.82 Å². The molecule has 2 aromatic carbocycles. The van der Waals surface area contributed by atoms with Crippen molar-refractivity contribution >= 4 is 17.5 Å². The lowest BCUT2D eigenvalue weighted by molar-refractivity contribution is 0.0986. The fourth-order valence-corrected chi connectivity index (χ4v) is 3.17. The number of aromatic nitrogens is 3. The summed E-state index contributed by atoms with van der Waals surface area (Å²) in [5, 5.41) is 2.89. The second-order valence-electron chi connectivity index (χ2n) is 6.58. The monoisotopic (exact) mass is 385 g/mol. The Morgan fingerprint density at radius 3 is 2.41 bits per heavy atom. The van der Waals surface area contributed by atoms with Gasteiger partial charge in [0.25, 0.3) is 11.8 Å². The summed E-state index contributed by atoms with van der Waals surface area (Å²) < 4.78 is 3.43. The van der Waals surface area contributed by atoms with Gasteiger partial charge in [-0.15, -0.1) is 0 Å². The summed E-state index contributed by atoms with van der Waals surface area (Å²) in [6.07, 6.45) is 5.12. The third-order valence-electron chi connectivity index (χ3n) is 4.61. The van der Waals surface area contributed by atoms with E-state index in [-0.39, 0.29) is 11.7 Å². The third-order valence-corrected chi connectivity index (χ3v) is 4.61. The van der Waals surface area contributed by atoms with Gasteiger partial charge < -0.3 is 15.6 Å². The molecule has 0 atom stereocenters. The lowest BCUT2D eigenvalue weighted by Crippen LogP contribution is -2.17. The number of primary amides is 1. The fourth-order valence-electron chi connectivity index (χ4n) is 3.17. The molecule has 4 aromatic rings. The molecule has 144 valence electrons. The average molecular weight is 385 g/mol. The Labute approximate surface area is 167 Å². The van der Waals surface area contributed by atoms with E-state index in [0.29, 0.717) is 5.69 Å². The van der Waals surface area contributed by atoms with E-state index in [4.69, 9.17) is 5.73 Å². The number of anilines is 1. The van der Waals surface area contributed by atoms with Crippen LogP contribution in [0.2, 0.25) is 0 Å². The molecular weight excluding hydrogens is 366 g/mol. The lowest BCUT2D eigenvalue weighted by atomic mass is 10.1. The van der Waals surface area contributed by atoms with Crippen LogP contribution in [0, 0.1) is 0 Å². The molecule has 0 fully saturated rings. The zero-order chi connectivity index (χ0) is 20.4. The normalized spacial score (nSPS) is 10.7. The minimum atomic E-state index is -0.587. The van der Waals surface area contributed by atoms with E-state index in [2.05, 4.69) is 10.3 Å². The molecule has 0 spiro atoms. The number of rotatable bonds is 5. The molecule has 2 aromatic heterocycles. The maximum absolute atomic E-state index is 12.6. The smallest absolute Gasteiger partial charge is 0.285 e. The molecular formula is C22H19N5O2. The van der Waals surface area contributed by atoms with Gasteiger partial charge >= 0.3 is 0 Å². The molecule has 7 nitrogen and oxygen atoms in total. The Bertz CT molecular complexity index is 1170. The van der Waals surface area contributed by atoms with Gasteiger partial charge in [-0.25, -0.2) is 4.98 Å². The highest BCUT2D eigenvalue weighted by atomic mass is 16.2. The first-order valence-electron chi connectivity index (χ1n) is 8.99. The van der Waals surface area contributed by atoms with Crippen LogP contribution < -0.4 is 11.1 Å². The first-order valence-corrected chi connectivity index (χ1v) is 8.99. The van der Waals surface area contributed by atoms with Crippen LogP contribution in [-0.4, -0.2) is 25.9 Å². The molecule has 0 saturated heterocycles. The molecule has 0 unspecified atom stereocenters. The highest BCUT2D eigenvalue weighted by Crippen LogP contribution is 2.24. The number of carbonyl (C=O) groups excluding carboxylic acids is 2. The van der Waals surface area contributed by atoms with Crippen molar-refractivity contribution in [2.75, 3.05) is 5.32 Å². The maximum Gasteiger partial charge on any atom is 0.285 e. The van der Waals surface area contributed by atoms with Gasteiger partial charge in [0.05, 0.1) is 0 Å². The van der Waals surface area contributed by atoms with Gasteiger partial charge in [-0.05, 0) is 35.9 Å². The van der Waals surface area contributed by atoms with Gasteiger partial charge in [0, 0.05) is 42.6 Å². The molecule has 0 aliphatic carbocycles. The summed E-state index contributed by atoms with van der Waals surface area (Å²) >= 11 is 0. The summed E-state index contributed by atoms with van der Waals surface area (Å²) in [7, 11) is 1.84. The van der Waals surface area contributed by atoms with Crippen molar-refractivity contribution in [2.24, 2.45) is 12.8 Å². The minimum Gasteiger partial charge on any atom is -0.363 e. The lowest BCUT2D eigenvalue weighted by Gasteiger charge is -2.06. The largest absolute Gasteiger partial charge is 0.363 e. The Balaban J connectivity index is 1.58. The predicted molar refractivity (Wildman–Crippen MR) is 111 cm³/mol. The topological polar surface area (TPSA) is 94.9 Å². The second kappa shape index (κ2) is 7.47. The molecule has 29 heavy (non-hydrogen) atoms. The number of nitrogens with zero attached hydrogens (tertiary/aromatic N) is 3. The average Bonchev–Trinajstić information content (AvgIpc) is 3.36. The molecule has 2 amide bonds. The molecule has 0 aliphatic rings. The van der Waals surface area contributed by atoms with E-state index in [1.807, 2.05) is 73.9 Å². The van der Waals surface area contributed by atoms with Crippen molar-refractivity contribution in [1.29, 1.82) is 0 Å². The number of amides is 2. The van der Waals surface area contributed by atoms with Crippen LogP contribution in [0.5, 0.6) is 0 Å². The number of nitrogens with one attached hydrogen (secondary N) is 1. The molecule has 4 rings (SSSR count). The van der Waals surface area contributed by atoms with Gasteiger partial charge in [0.1, 0.15) is 5.69 Å². The molecule has 3 N–H and O–H groups in total. The van der Waals surface area contributed by atoms with Crippen LogP contribution in [0.3, 0.4) is 0 Å². The summed E-state index contributed by atoms with van der Waals surface area (Å²) in [5.41, 5.74) is 9.30. The minimum absolute atomic E-state index is 0.175. The van der Waals surface area contributed by atoms with Crippen molar-refractivity contribution in [3.05, 3.63) is 90.8 Å². The molecule has 0 saturated carbocycles. The number of para-hydroxylation sites is 1. The van der Waals surface area contributed by atoms with Gasteiger partial charge in [0.15, 0.2) is 0 Å². The molecule has 7 heteroatoms. The predicted octanol–water partition coefficient (Wildman–Crippen LogP) is 3.23. The molecule has 0 aliphatic heterocycles. The Morgan fingerprint density at radius 2 is 1.72 bits per heavy atom. The maximum atomic E-state index is 12.6. The van der Waals surface area contributed by atoms with Crippen molar-refractivity contribution in [3.63, 3.8) is 0 Å². The summed E-state index contributed by atoms with van der Waals surface area (Å²) in [4.78, 5) is 28.1. The van der Waals surface area contributed by atoms with Gasteiger partial charge in [-0.3, -0.25) is 14.2 Å². The zero-order valence-electron chi connectivity index (χ0n) is 15.7. The van der Waals surface area contributed by atoms with Crippen LogP contribution in [0.1, 0.15) is 21.1 Å². The highest BCUT2D eigenvalue weighted by Gasteiger charge is 2.14. The first-order chi connectivity index (χ1) is 14.0. The van der Waals surface area contributed by atoms with Crippen LogP contribution in [0.25, 0.3) is 16.8 Å². The highest BCUT2D eigenvalue weighted by molar-refractivity contribution is 6.04. The number of benzene rings is 2. The Kier molecular flexibility index (Phi) is 4.70. The quantitative estimate of drug-likeness (QED) is 0.552. The number of imidazole rings is 1. The van der Waals surface area contributed by atoms with E-state index in [0.717, 1.165) is 22.5 Å². The summed E-state index contributed by atoms with van der Waals surface area (Å²) in [6, 6.07) is 18.8. The van der Waals surface area contributed by atoms with E-state index in [1.54, 1.807) is 15.3 Å². The van der Waals surface area contributed by atoms with Gasteiger partial charge in [-0.2, -0.15) is 0 Å². The Hall–Kier alpha value is -4.13. The third kappa shape index (κ3) is 3.66. The Morgan fingerprint density at radius 1 is 1.00 bits per heavy atom. The summed E-state index contributed by atoms with van der Waals surface area (Å²) in [6.45, 7) is 0. The standard InChI is InChI=1S/C22H19N5O2/c1-26-14-16(13-19(26)22(29)25-17-5-3-2-4-6-17)15-7-9-18(10-8-15)27-12-11-24-21(27)20(23)28/h2-14H,1H3,(H2,23,28)(H,25,29). The van der Waals surface area contributed by atoms with Crippen LogP contribution in [0.15, 0.2) is 79.3 Å².